The zero-order valence-corrected chi connectivity index (χ0v) is 13.8. The van der Waals surface area contributed by atoms with Gasteiger partial charge in [-0.15, -0.1) is 0 Å². The Bertz CT molecular complexity index is 835. The lowest BCUT2D eigenvalue weighted by molar-refractivity contribution is 0.0472. The van der Waals surface area contributed by atoms with E-state index in [0.29, 0.717) is 5.56 Å². The molecule has 0 bridgehead atoms. The van der Waals surface area contributed by atoms with Gasteiger partial charge in [0.25, 0.3) is 0 Å². The van der Waals surface area contributed by atoms with Crippen LogP contribution in [0.3, 0.4) is 0 Å². The zero-order valence-electron chi connectivity index (χ0n) is 13.8. The van der Waals surface area contributed by atoms with Crippen LogP contribution in [0.5, 0.6) is 11.5 Å². The van der Waals surface area contributed by atoms with Crippen LogP contribution in [-0.4, -0.2) is 18.2 Å². The smallest absolute Gasteiger partial charge is 0.338 e. The van der Waals surface area contributed by atoms with Gasteiger partial charge in [0, 0.05) is 0 Å². The second-order valence-corrected chi connectivity index (χ2v) is 5.55. The number of ether oxygens (including phenoxy) is 2. The third-order valence-electron chi connectivity index (χ3n) is 3.85. The Morgan fingerprint density at radius 2 is 1.40 bits per heavy atom. The highest BCUT2D eigenvalue weighted by molar-refractivity contribution is 5.90. The van der Waals surface area contributed by atoms with Gasteiger partial charge in [-0.05, 0) is 53.1 Å². The van der Waals surface area contributed by atoms with Crippen molar-refractivity contribution in [3.63, 3.8) is 0 Å². The van der Waals surface area contributed by atoms with E-state index in [1.54, 1.807) is 31.4 Å². The number of methoxy groups -OCH3 is 1. The second-order valence-electron chi connectivity index (χ2n) is 5.55. The minimum Gasteiger partial charge on any atom is -0.508 e. The fraction of sp³-hybridized carbons (Fsp3) is 0.0952. The Kier molecular flexibility index (Phi) is 5.00. The Labute approximate surface area is 146 Å². The Morgan fingerprint density at radius 3 is 1.96 bits per heavy atom. The molecule has 0 spiro atoms. The second kappa shape index (κ2) is 7.53. The number of phenols is 1. The Hall–Kier alpha value is -3.27. The Morgan fingerprint density at radius 1 is 0.840 bits per heavy atom. The molecule has 126 valence electrons. The molecule has 0 heterocycles. The molecule has 0 amide bonds. The first-order chi connectivity index (χ1) is 12.2. The third kappa shape index (κ3) is 4.18. The van der Waals surface area contributed by atoms with Crippen LogP contribution >= 0.6 is 0 Å². The predicted octanol–water partition coefficient (Wildman–Crippen LogP) is 4.42. The maximum absolute atomic E-state index is 12.2. The molecule has 0 unspecified atom stereocenters. The summed E-state index contributed by atoms with van der Waals surface area (Å²) >= 11 is 0. The molecule has 25 heavy (non-hydrogen) atoms. The van der Waals surface area contributed by atoms with E-state index in [1.807, 2.05) is 48.5 Å². The van der Waals surface area contributed by atoms with Gasteiger partial charge in [-0.2, -0.15) is 0 Å². The average molecular weight is 334 g/mol. The standard InChI is InChI=1S/C21H18O4/c1-24-20-12-2-15(3-13-20)14-25-21(23)18-6-4-16(5-7-18)17-8-10-19(22)11-9-17/h2-13,22H,14H2,1H3. The van der Waals surface area contributed by atoms with Crippen LogP contribution in [0.2, 0.25) is 0 Å². The highest BCUT2D eigenvalue weighted by Crippen LogP contribution is 2.22. The molecule has 3 aromatic rings. The first-order valence-corrected chi connectivity index (χ1v) is 7.85. The molecular formula is C21H18O4. The maximum atomic E-state index is 12.2. The van der Waals surface area contributed by atoms with Crippen molar-refractivity contribution in [1.82, 2.24) is 0 Å². The summed E-state index contributed by atoms with van der Waals surface area (Å²) in [5.74, 6) is 0.621. The molecule has 0 saturated carbocycles. The SMILES string of the molecule is COc1ccc(COC(=O)c2ccc(-c3ccc(O)cc3)cc2)cc1. The number of hydrogen-bond donors (Lipinski definition) is 1. The summed E-state index contributed by atoms with van der Waals surface area (Å²) in [7, 11) is 1.61. The summed E-state index contributed by atoms with van der Waals surface area (Å²) in [6.45, 7) is 0.211. The highest BCUT2D eigenvalue weighted by atomic mass is 16.5. The monoisotopic (exact) mass is 334 g/mol. The van der Waals surface area contributed by atoms with E-state index in [-0.39, 0.29) is 18.3 Å². The maximum Gasteiger partial charge on any atom is 0.338 e. The number of rotatable bonds is 5. The van der Waals surface area contributed by atoms with Gasteiger partial charge in [0.2, 0.25) is 0 Å². The minimum absolute atomic E-state index is 0.211. The van der Waals surface area contributed by atoms with Gasteiger partial charge in [0.1, 0.15) is 18.1 Å². The third-order valence-corrected chi connectivity index (χ3v) is 3.85. The van der Waals surface area contributed by atoms with Crippen molar-refractivity contribution in [3.05, 3.63) is 83.9 Å². The molecule has 0 fully saturated rings. The van der Waals surface area contributed by atoms with Gasteiger partial charge in [0.15, 0.2) is 0 Å². The molecule has 0 aliphatic rings. The molecular weight excluding hydrogens is 316 g/mol. The molecule has 4 nitrogen and oxygen atoms in total. The summed E-state index contributed by atoms with van der Waals surface area (Å²) < 4.78 is 10.4. The van der Waals surface area contributed by atoms with Crippen LogP contribution in [0.4, 0.5) is 0 Å². The molecule has 4 heteroatoms. The number of carbonyl (C=O) groups excluding carboxylic acids is 1. The predicted molar refractivity (Wildman–Crippen MR) is 95.7 cm³/mol. The lowest BCUT2D eigenvalue weighted by Gasteiger charge is -2.07. The van der Waals surface area contributed by atoms with Gasteiger partial charge in [-0.3, -0.25) is 0 Å². The lowest BCUT2D eigenvalue weighted by atomic mass is 10.0. The summed E-state index contributed by atoms with van der Waals surface area (Å²) in [4.78, 5) is 12.2. The quantitative estimate of drug-likeness (QED) is 0.702. The van der Waals surface area contributed by atoms with Gasteiger partial charge in [-0.1, -0.05) is 36.4 Å². The zero-order chi connectivity index (χ0) is 17.6. The Balaban J connectivity index is 1.63. The van der Waals surface area contributed by atoms with Crippen molar-refractivity contribution in [2.45, 2.75) is 6.61 Å². The van der Waals surface area contributed by atoms with Crippen molar-refractivity contribution in [2.75, 3.05) is 7.11 Å². The number of esters is 1. The molecule has 0 atom stereocenters. The van der Waals surface area contributed by atoms with E-state index < -0.39 is 0 Å². The van der Waals surface area contributed by atoms with Crippen LogP contribution in [0.1, 0.15) is 15.9 Å². The first kappa shape index (κ1) is 16.6. The molecule has 0 aromatic heterocycles. The van der Waals surface area contributed by atoms with E-state index in [1.165, 1.54) is 0 Å². The summed E-state index contributed by atoms with van der Waals surface area (Å²) in [5.41, 5.74) is 3.33. The van der Waals surface area contributed by atoms with Crippen molar-refractivity contribution in [3.8, 4) is 22.6 Å². The lowest BCUT2D eigenvalue weighted by Crippen LogP contribution is -2.05. The fourth-order valence-electron chi connectivity index (χ4n) is 2.41. The number of phenolic OH excluding ortho intramolecular Hbond substituents is 1. The molecule has 0 aliphatic heterocycles. The molecule has 1 N–H and O–H groups in total. The average Bonchev–Trinajstić information content (AvgIpc) is 2.67. The summed E-state index contributed by atoms with van der Waals surface area (Å²) in [5, 5.41) is 9.33. The summed E-state index contributed by atoms with van der Waals surface area (Å²) in [6, 6.07) is 21.5. The van der Waals surface area contributed by atoms with E-state index in [4.69, 9.17) is 9.47 Å². The fourth-order valence-corrected chi connectivity index (χ4v) is 2.41. The van der Waals surface area contributed by atoms with E-state index in [9.17, 15) is 9.90 Å². The molecule has 3 aromatic carbocycles. The summed E-state index contributed by atoms with van der Waals surface area (Å²) in [6.07, 6.45) is 0. The van der Waals surface area contributed by atoms with E-state index in [0.717, 1.165) is 22.4 Å². The first-order valence-electron chi connectivity index (χ1n) is 7.85. The number of benzene rings is 3. The molecule has 0 saturated heterocycles. The van der Waals surface area contributed by atoms with Crippen LogP contribution in [0, 0.1) is 0 Å². The van der Waals surface area contributed by atoms with Crippen LogP contribution in [0.25, 0.3) is 11.1 Å². The molecule has 0 aliphatic carbocycles. The van der Waals surface area contributed by atoms with Crippen LogP contribution < -0.4 is 4.74 Å². The van der Waals surface area contributed by atoms with Crippen LogP contribution in [-0.2, 0) is 11.3 Å². The number of hydrogen-bond acceptors (Lipinski definition) is 4. The number of aromatic hydroxyl groups is 1. The molecule has 3 rings (SSSR count). The van der Waals surface area contributed by atoms with Crippen molar-refractivity contribution >= 4 is 5.97 Å². The highest BCUT2D eigenvalue weighted by Gasteiger charge is 2.08. The van der Waals surface area contributed by atoms with Crippen molar-refractivity contribution in [2.24, 2.45) is 0 Å². The number of carbonyl (C=O) groups is 1. The van der Waals surface area contributed by atoms with E-state index >= 15 is 0 Å². The van der Waals surface area contributed by atoms with Gasteiger partial charge in [0.05, 0.1) is 12.7 Å². The van der Waals surface area contributed by atoms with Gasteiger partial charge in [-0.25, -0.2) is 4.79 Å². The van der Waals surface area contributed by atoms with Gasteiger partial charge < -0.3 is 14.6 Å². The van der Waals surface area contributed by atoms with Crippen molar-refractivity contribution < 1.29 is 19.4 Å². The largest absolute Gasteiger partial charge is 0.508 e. The minimum atomic E-state index is -0.368. The molecule has 0 radical (unpaired) electrons. The van der Waals surface area contributed by atoms with Crippen LogP contribution in [0.15, 0.2) is 72.8 Å². The van der Waals surface area contributed by atoms with Crippen molar-refractivity contribution in [1.29, 1.82) is 0 Å². The topological polar surface area (TPSA) is 55.8 Å². The van der Waals surface area contributed by atoms with E-state index in [2.05, 4.69) is 0 Å². The van der Waals surface area contributed by atoms with Gasteiger partial charge >= 0.3 is 5.97 Å². The normalized spacial score (nSPS) is 10.3.